The van der Waals surface area contributed by atoms with Gasteiger partial charge in [0.15, 0.2) is 0 Å². The highest BCUT2D eigenvalue weighted by Gasteiger charge is 2.26. The highest BCUT2D eigenvalue weighted by molar-refractivity contribution is 9.10. The standard InChI is InChI=1S/C15H24BrNS/c1-3-17-14(10-15-13(16)7-8-18-15)12-6-4-5-11(2)9-12/h7-8,11-12,14,17H,3-6,9-10H2,1-2H3. The molecular formula is C15H24BrNS. The molecule has 1 aromatic heterocycles. The smallest absolute Gasteiger partial charge is 0.0314 e. The van der Waals surface area contributed by atoms with Crippen LogP contribution in [0.4, 0.5) is 0 Å². The Morgan fingerprint density at radius 2 is 2.33 bits per heavy atom. The van der Waals surface area contributed by atoms with Crippen LogP contribution in [0.15, 0.2) is 15.9 Å². The van der Waals surface area contributed by atoms with Gasteiger partial charge in [-0.05, 0) is 65.0 Å². The van der Waals surface area contributed by atoms with E-state index in [1.165, 1.54) is 41.5 Å². The molecule has 0 radical (unpaired) electrons. The molecule has 0 amide bonds. The first-order valence-electron chi connectivity index (χ1n) is 7.16. The summed E-state index contributed by atoms with van der Waals surface area (Å²) in [7, 11) is 0. The topological polar surface area (TPSA) is 12.0 Å². The molecule has 1 fully saturated rings. The van der Waals surface area contributed by atoms with Crippen molar-refractivity contribution in [3.05, 3.63) is 20.8 Å². The quantitative estimate of drug-likeness (QED) is 0.813. The fourth-order valence-corrected chi connectivity index (χ4v) is 4.76. The van der Waals surface area contributed by atoms with Gasteiger partial charge in [-0.25, -0.2) is 0 Å². The van der Waals surface area contributed by atoms with Gasteiger partial charge in [0.1, 0.15) is 0 Å². The van der Waals surface area contributed by atoms with Crippen molar-refractivity contribution in [1.29, 1.82) is 0 Å². The van der Waals surface area contributed by atoms with E-state index in [1.54, 1.807) is 0 Å². The maximum atomic E-state index is 3.72. The number of hydrogen-bond acceptors (Lipinski definition) is 2. The molecule has 1 N–H and O–H groups in total. The van der Waals surface area contributed by atoms with Crippen molar-refractivity contribution >= 4 is 27.3 Å². The van der Waals surface area contributed by atoms with Crippen molar-refractivity contribution in [2.24, 2.45) is 11.8 Å². The van der Waals surface area contributed by atoms with E-state index < -0.39 is 0 Å². The van der Waals surface area contributed by atoms with Crippen LogP contribution >= 0.6 is 27.3 Å². The number of halogens is 1. The van der Waals surface area contributed by atoms with Crippen molar-refractivity contribution in [3.63, 3.8) is 0 Å². The van der Waals surface area contributed by atoms with Crippen molar-refractivity contribution in [2.75, 3.05) is 6.54 Å². The number of hydrogen-bond donors (Lipinski definition) is 1. The van der Waals surface area contributed by atoms with Crippen LogP contribution < -0.4 is 5.32 Å². The average molecular weight is 330 g/mol. The molecular weight excluding hydrogens is 306 g/mol. The first kappa shape index (κ1) is 14.5. The van der Waals surface area contributed by atoms with Gasteiger partial charge in [0.2, 0.25) is 0 Å². The summed E-state index contributed by atoms with van der Waals surface area (Å²) >= 11 is 5.55. The van der Waals surface area contributed by atoms with E-state index >= 15 is 0 Å². The minimum atomic E-state index is 0.660. The maximum Gasteiger partial charge on any atom is 0.0314 e. The Kier molecular flexibility index (Phi) is 5.71. The van der Waals surface area contributed by atoms with Gasteiger partial charge in [0.25, 0.3) is 0 Å². The zero-order chi connectivity index (χ0) is 13.0. The fraction of sp³-hybridized carbons (Fsp3) is 0.733. The first-order valence-corrected chi connectivity index (χ1v) is 8.83. The van der Waals surface area contributed by atoms with E-state index in [0.29, 0.717) is 6.04 Å². The average Bonchev–Trinajstić information content (AvgIpc) is 2.74. The Balaban J connectivity index is 2.01. The number of likely N-dealkylation sites (N-methyl/N-ethyl adjacent to an activating group) is 1. The molecule has 0 aromatic carbocycles. The van der Waals surface area contributed by atoms with Crippen LogP contribution in [0, 0.1) is 11.8 Å². The molecule has 3 atom stereocenters. The van der Waals surface area contributed by atoms with E-state index in [-0.39, 0.29) is 0 Å². The monoisotopic (exact) mass is 329 g/mol. The van der Waals surface area contributed by atoms with Crippen molar-refractivity contribution < 1.29 is 0 Å². The second kappa shape index (κ2) is 7.06. The SMILES string of the molecule is CCNC(Cc1sccc1Br)C1CCCC(C)C1. The van der Waals surface area contributed by atoms with Gasteiger partial charge in [0.05, 0.1) is 0 Å². The lowest BCUT2D eigenvalue weighted by Gasteiger charge is -2.33. The minimum Gasteiger partial charge on any atom is -0.314 e. The van der Waals surface area contributed by atoms with Crippen LogP contribution in [-0.4, -0.2) is 12.6 Å². The predicted molar refractivity (Wildman–Crippen MR) is 84.3 cm³/mol. The maximum absolute atomic E-state index is 3.72. The fourth-order valence-electron chi connectivity index (χ4n) is 3.18. The Labute approximate surface area is 123 Å². The Morgan fingerprint density at radius 1 is 1.50 bits per heavy atom. The molecule has 1 saturated carbocycles. The van der Waals surface area contributed by atoms with E-state index in [0.717, 1.165) is 18.4 Å². The highest BCUT2D eigenvalue weighted by atomic mass is 79.9. The Hall–Kier alpha value is 0.140. The van der Waals surface area contributed by atoms with Gasteiger partial charge in [0, 0.05) is 15.4 Å². The highest BCUT2D eigenvalue weighted by Crippen LogP contribution is 2.33. The summed E-state index contributed by atoms with van der Waals surface area (Å²) in [5.41, 5.74) is 0. The Bertz CT molecular complexity index is 363. The molecule has 1 heterocycles. The molecule has 1 aromatic rings. The summed E-state index contributed by atoms with van der Waals surface area (Å²) in [6, 6.07) is 2.83. The molecule has 2 rings (SSSR count). The second-order valence-electron chi connectivity index (χ2n) is 5.59. The Morgan fingerprint density at radius 3 is 2.94 bits per heavy atom. The molecule has 102 valence electrons. The molecule has 0 aliphatic heterocycles. The van der Waals surface area contributed by atoms with E-state index in [4.69, 9.17) is 0 Å². The predicted octanol–water partition coefficient (Wildman–Crippen LogP) is 4.86. The van der Waals surface area contributed by atoms with Crippen LogP contribution in [0.2, 0.25) is 0 Å². The van der Waals surface area contributed by atoms with E-state index in [2.05, 4.69) is 46.5 Å². The molecule has 3 heteroatoms. The van der Waals surface area contributed by atoms with Gasteiger partial charge in [-0.1, -0.05) is 26.7 Å². The van der Waals surface area contributed by atoms with E-state index in [9.17, 15) is 0 Å². The first-order chi connectivity index (χ1) is 8.70. The molecule has 0 saturated heterocycles. The summed E-state index contributed by atoms with van der Waals surface area (Å²) in [5.74, 6) is 1.78. The third-order valence-corrected chi connectivity index (χ3v) is 6.06. The van der Waals surface area contributed by atoms with Gasteiger partial charge in [-0.3, -0.25) is 0 Å². The number of nitrogens with one attached hydrogen (secondary N) is 1. The normalized spacial score (nSPS) is 26.2. The number of rotatable bonds is 5. The molecule has 1 aliphatic carbocycles. The number of thiophene rings is 1. The third-order valence-electron chi connectivity index (χ3n) is 4.11. The van der Waals surface area contributed by atoms with Crippen LogP contribution in [-0.2, 0) is 6.42 Å². The van der Waals surface area contributed by atoms with Crippen LogP contribution in [0.1, 0.15) is 44.4 Å². The van der Waals surface area contributed by atoms with Crippen molar-refractivity contribution in [2.45, 2.75) is 52.0 Å². The van der Waals surface area contributed by atoms with Crippen LogP contribution in [0.5, 0.6) is 0 Å². The summed E-state index contributed by atoms with van der Waals surface area (Å²) in [6.45, 7) is 5.72. The minimum absolute atomic E-state index is 0.660. The molecule has 1 nitrogen and oxygen atoms in total. The molecule has 0 bridgehead atoms. The lowest BCUT2D eigenvalue weighted by Crippen LogP contribution is -2.39. The second-order valence-corrected chi connectivity index (χ2v) is 7.45. The van der Waals surface area contributed by atoms with Crippen molar-refractivity contribution in [3.8, 4) is 0 Å². The zero-order valence-corrected chi connectivity index (χ0v) is 13.8. The van der Waals surface area contributed by atoms with Gasteiger partial charge >= 0.3 is 0 Å². The summed E-state index contributed by atoms with van der Waals surface area (Å²) in [5, 5.41) is 5.91. The van der Waals surface area contributed by atoms with Crippen LogP contribution in [0.25, 0.3) is 0 Å². The summed E-state index contributed by atoms with van der Waals surface area (Å²) in [4.78, 5) is 1.50. The summed E-state index contributed by atoms with van der Waals surface area (Å²) < 4.78 is 1.29. The summed E-state index contributed by atoms with van der Waals surface area (Å²) in [6.07, 6.45) is 6.84. The largest absolute Gasteiger partial charge is 0.314 e. The third kappa shape index (κ3) is 3.82. The lowest BCUT2D eigenvalue weighted by molar-refractivity contribution is 0.223. The van der Waals surface area contributed by atoms with Gasteiger partial charge in [-0.2, -0.15) is 0 Å². The van der Waals surface area contributed by atoms with Gasteiger partial charge in [-0.15, -0.1) is 11.3 Å². The molecule has 18 heavy (non-hydrogen) atoms. The van der Waals surface area contributed by atoms with Gasteiger partial charge < -0.3 is 5.32 Å². The van der Waals surface area contributed by atoms with E-state index in [1.807, 2.05) is 11.3 Å². The molecule has 0 spiro atoms. The van der Waals surface area contributed by atoms with Crippen LogP contribution in [0.3, 0.4) is 0 Å². The molecule has 1 aliphatic rings. The molecule has 3 unspecified atom stereocenters. The lowest BCUT2D eigenvalue weighted by atomic mass is 9.77. The van der Waals surface area contributed by atoms with Crippen molar-refractivity contribution in [1.82, 2.24) is 5.32 Å². The zero-order valence-electron chi connectivity index (χ0n) is 11.4.